The standard InChI is InChI=1S/C32H40N2O3Si/c1-32(2,3)38(4,5)37-28-23-36-34(27-16-8-6-9-17-27)30(29(28)31(35)33-20-12-7-13-21-33)26-19-18-24-14-10-11-15-25(24)22-26/h6,8-11,14-19,22,30H,7,12-13,20-21,23H2,1-5H3. The summed E-state index contributed by atoms with van der Waals surface area (Å²) in [5, 5.41) is 4.22. The number of hydrogen-bond donors (Lipinski definition) is 0. The van der Waals surface area contributed by atoms with Gasteiger partial charge in [0.25, 0.3) is 5.91 Å². The lowest BCUT2D eigenvalue weighted by Gasteiger charge is -2.44. The zero-order valence-corrected chi connectivity index (χ0v) is 24.4. The summed E-state index contributed by atoms with van der Waals surface area (Å²) in [6.07, 6.45) is 3.25. The SMILES string of the molecule is CC(C)(C)[Si](C)(C)OC1=C(C(=O)N2CCCCC2)C(c2ccc3ccccc3c2)N(c2ccccc2)OC1. The van der Waals surface area contributed by atoms with Crippen molar-refractivity contribution in [2.45, 2.75) is 64.2 Å². The van der Waals surface area contributed by atoms with Crippen molar-refractivity contribution in [2.75, 3.05) is 24.8 Å². The van der Waals surface area contributed by atoms with Gasteiger partial charge in [-0.2, -0.15) is 0 Å². The van der Waals surface area contributed by atoms with E-state index in [1.165, 1.54) is 11.8 Å². The van der Waals surface area contributed by atoms with E-state index in [1.54, 1.807) is 0 Å². The van der Waals surface area contributed by atoms with Gasteiger partial charge in [-0.25, -0.2) is 5.06 Å². The number of carbonyl (C=O) groups excluding carboxylic acids is 1. The average molecular weight is 529 g/mol. The number of rotatable bonds is 5. The number of fused-ring (bicyclic) bond motifs is 1. The van der Waals surface area contributed by atoms with Gasteiger partial charge in [0.2, 0.25) is 8.32 Å². The highest BCUT2D eigenvalue weighted by Crippen LogP contribution is 2.44. The first-order chi connectivity index (χ1) is 18.2. The monoisotopic (exact) mass is 528 g/mol. The largest absolute Gasteiger partial charge is 0.544 e. The number of amides is 1. The molecule has 2 aliphatic rings. The van der Waals surface area contributed by atoms with Crippen molar-refractivity contribution in [3.05, 3.63) is 89.7 Å². The van der Waals surface area contributed by atoms with Gasteiger partial charge in [-0.3, -0.25) is 9.63 Å². The fraction of sp³-hybridized carbons (Fsp3) is 0.406. The number of benzene rings is 3. The summed E-state index contributed by atoms with van der Waals surface area (Å²) in [5.41, 5.74) is 2.65. The molecule has 5 rings (SSSR count). The molecule has 0 aromatic heterocycles. The molecule has 0 radical (unpaired) electrons. The molecule has 0 bridgehead atoms. The zero-order valence-electron chi connectivity index (χ0n) is 23.4. The van der Waals surface area contributed by atoms with Gasteiger partial charge in [0.05, 0.1) is 11.3 Å². The van der Waals surface area contributed by atoms with E-state index in [1.807, 2.05) is 40.3 Å². The minimum absolute atomic E-state index is 0.00566. The van der Waals surface area contributed by atoms with Gasteiger partial charge in [0.1, 0.15) is 18.4 Å². The summed E-state index contributed by atoms with van der Waals surface area (Å²) < 4.78 is 6.91. The highest BCUT2D eigenvalue weighted by atomic mass is 28.4. The second kappa shape index (κ2) is 10.6. The lowest BCUT2D eigenvalue weighted by Crippen LogP contribution is -2.47. The fourth-order valence-corrected chi connectivity index (χ4v) is 6.17. The molecule has 1 fully saturated rings. The van der Waals surface area contributed by atoms with Crippen LogP contribution in [0.5, 0.6) is 0 Å². The quantitative estimate of drug-likeness (QED) is 0.319. The first-order valence-corrected chi connectivity index (χ1v) is 16.7. The van der Waals surface area contributed by atoms with E-state index in [0.717, 1.165) is 42.6 Å². The number of piperidine rings is 1. The van der Waals surface area contributed by atoms with Gasteiger partial charge >= 0.3 is 0 Å². The summed E-state index contributed by atoms with van der Waals surface area (Å²) in [6.45, 7) is 13.0. The molecule has 2 heterocycles. The first kappa shape index (κ1) is 26.5. The van der Waals surface area contributed by atoms with Crippen LogP contribution in [0.25, 0.3) is 10.8 Å². The maximum atomic E-state index is 14.4. The van der Waals surface area contributed by atoms with Crippen LogP contribution in [-0.4, -0.2) is 38.8 Å². The second-order valence-electron chi connectivity index (χ2n) is 12.0. The normalized spacial score (nSPS) is 19.1. The zero-order chi connectivity index (χ0) is 26.9. The fourth-order valence-electron chi connectivity index (χ4n) is 5.08. The van der Waals surface area contributed by atoms with Gasteiger partial charge < -0.3 is 9.33 Å². The number of likely N-dealkylation sites (tertiary alicyclic amines) is 1. The van der Waals surface area contributed by atoms with Crippen LogP contribution in [0.4, 0.5) is 5.69 Å². The third-order valence-electron chi connectivity index (χ3n) is 8.30. The molecule has 1 unspecified atom stereocenters. The van der Waals surface area contributed by atoms with Crippen molar-refractivity contribution >= 4 is 30.7 Å². The number of hydroxylamine groups is 1. The Morgan fingerprint density at radius 3 is 2.24 bits per heavy atom. The molecule has 200 valence electrons. The van der Waals surface area contributed by atoms with Crippen LogP contribution in [0, 0.1) is 0 Å². The van der Waals surface area contributed by atoms with E-state index >= 15 is 0 Å². The van der Waals surface area contributed by atoms with Crippen LogP contribution >= 0.6 is 0 Å². The van der Waals surface area contributed by atoms with E-state index in [4.69, 9.17) is 9.26 Å². The Morgan fingerprint density at radius 2 is 1.55 bits per heavy atom. The van der Waals surface area contributed by atoms with Crippen molar-refractivity contribution in [3.8, 4) is 0 Å². The van der Waals surface area contributed by atoms with E-state index in [2.05, 4.69) is 76.3 Å². The Hall–Kier alpha value is -3.09. The van der Waals surface area contributed by atoms with Crippen LogP contribution in [-0.2, 0) is 14.1 Å². The predicted molar refractivity (Wildman–Crippen MR) is 157 cm³/mol. The summed E-state index contributed by atoms with van der Waals surface area (Å²) in [6, 6.07) is 24.5. The van der Waals surface area contributed by atoms with Crippen molar-refractivity contribution in [1.82, 2.24) is 4.90 Å². The summed E-state index contributed by atoms with van der Waals surface area (Å²) in [5.74, 6) is 0.762. The van der Waals surface area contributed by atoms with Gasteiger partial charge in [-0.05, 0) is 71.9 Å². The Bertz CT molecular complexity index is 1320. The molecule has 0 aliphatic carbocycles. The highest BCUT2D eigenvalue weighted by Gasteiger charge is 2.44. The third-order valence-corrected chi connectivity index (χ3v) is 12.7. The number of hydrogen-bond acceptors (Lipinski definition) is 4. The molecule has 0 N–H and O–H groups in total. The van der Waals surface area contributed by atoms with Crippen molar-refractivity contribution in [1.29, 1.82) is 0 Å². The molecule has 38 heavy (non-hydrogen) atoms. The molecule has 6 heteroatoms. The van der Waals surface area contributed by atoms with Crippen molar-refractivity contribution < 1.29 is 14.1 Å². The van der Waals surface area contributed by atoms with Crippen LogP contribution in [0.1, 0.15) is 51.6 Å². The Labute approximate surface area is 228 Å². The maximum absolute atomic E-state index is 14.4. The Balaban J connectivity index is 1.70. The van der Waals surface area contributed by atoms with Gasteiger partial charge in [0, 0.05) is 13.1 Å². The number of nitrogens with zero attached hydrogens (tertiary/aromatic N) is 2. The lowest BCUT2D eigenvalue weighted by molar-refractivity contribution is -0.129. The molecular formula is C32H40N2O3Si. The number of carbonyl (C=O) groups is 1. The summed E-state index contributed by atoms with van der Waals surface area (Å²) >= 11 is 0. The third kappa shape index (κ3) is 5.25. The minimum Gasteiger partial charge on any atom is -0.544 e. The lowest BCUT2D eigenvalue weighted by atomic mass is 9.92. The number of anilines is 1. The smallest absolute Gasteiger partial charge is 0.255 e. The van der Waals surface area contributed by atoms with Crippen LogP contribution < -0.4 is 5.06 Å². The number of para-hydroxylation sites is 1. The predicted octanol–water partition coefficient (Wildman–Crippen LogP) is 7.62. The molecule has 1 atom stereocenters. The summed E-state index contributed by atoms with van der Waals surface area (Å²) in [7, 11) is -2.23. The maximum Gasteiger partial charge on any atom is 0.255 e. The van der Waals surface area contributed by atoms with Gasteiger partial charge in [-0.1, -0.05) is 75.4 Å². The van der Waals surface area contributed by atoms with E-state index in [-0.39, 0.29) is 17.6 Å². The molecule has 2 aliphatic heterocycles. The van der Waals surface area contributed by atoms with E-state index in [9.17, 15) is 4.79 Å². The highest BCUT2D eigenvalue weighted by molar-refractivity contribution is 6.74. The van der Waals surface area contributed by atoms with E-state index < -0.39 is 14.4 Å². The van der Waals surface area contributed by atoms with Gasteiger partial charge in [0.15, 0.2) is 0 Å². The minimum atomic E-state index is -2.23. The Morgan fingerprint density at radius 1 is 0.895 bits per heavy atom. The summed E-state index contributed by atoms with van der Waals surface area (Å²) in [4.78, 5) is 23.0. The van der Waals surface area contributed by atoms with E-state index in [0.29, 0.717) is 11.3 Å². The second-order valence-corrected chi connectivity index (χ2v) is 16.7. The molecule has 3 aromatic carbocycles. The van der Waals surface area contributed by atoms with Crippen LogP contribution in [0.15, 0.2) is 84.1 Å². The molecule has 0 spiro atoms. The molecule has 5 nitrogen and oxygen atoms in total. The van der Waals surface area contributed by atoms with Crippen LogP contribution in [0.2, 0.25) is 18.1 Å². The van der Waals surface area contributed by atoms with Crippen molar-refractivity contribution in [2.24, 2.45) is 0 Å². The topological polar surface area (TPSA) is 42.0 Å². The van der Waals surface area contributed by atoms with Crippen LogP contribution in [0.3, 0.4) is 0 Å². The molecule has 1 amide bonds. The average Bonchev–Trinajstić information content (AvgIpc) is 2.92. The molecule has 3 aromatic rings. The molecule has 0 saturated carbocycles. The first-order valence-electron chi connectivity index (χ1n) is 13.8. The molecule has 1 saturated heterocycles. The molecular weight excluding hydrogens is 488 g/mol. The van der Waals surface area contributed by atoms with Gasteiger partial charge in [-0.15, -0.1) is 0 Å². The van der Waals surface area contributed by atoms with Crippen molar-refractivity contribution in [3.63, 3.8) is 0 Å². The Kier molecular flexibility index (Phi) is 7.38.